The molecule has 0 unspecified atom stereocenters. The number of aliphatic hydroxyl groups excluding tert-OH is 2. The summed E-state index contributed by atoms with van der Waals surface area (Å²) in [4.78, 5) is 29.4. The SMILES string of the molecule is CC(=O)ON(C(=O)Nc1cccc(CCCCOCCCCCCNC[C@@H](O)c2ccc(O)c(CO)c2)c1)c1cc(C(F)(F)F)cc(C(F)(F)F)c1. The fourth-order valence-electron chi connectivity index (χ4n) is 5.11. The van der Waals surface area contributed by atoms with E-state index in [-0.39, 0.29) is 41.3 Å². The van der Waals surface area contributed by atoms with Crippen molar-refractivity contribution in [2.45, 2.75) is 76.9 Å². The molecule has 16 heteroatoms. The van der Waals surface area contributed by atoms with Crippen LogP contribution in [0.1, 0.15) is 79.4 Å². The van der Waals surface area contributed by atoms with Crippen LogP contribution >= 0.6 is 0 Å². The van der Waals surface area contributed by atoms with Gasteiger partial charge in [0, 0.05) is 37.9 Å². The van der Waals surface area contributed by atoms with E-state index in [1.54, 1.807) is 30.3 Å². The summed E-state index contributed by atoms with van der Waals surface area (Å²) in [5.74, 6) is -1.16. The summed E-state index contributed by atoms with van der Waals surface area (Å²) in [5, 5.41) is 34.8. The number of halogens is 6. The summed E-state index contributed by atoms with van der Waals surface area (Å²) in [7, 11) is 0. The van der Waals surface area contributed by atoms with Crippen LogP contribution in [0.4, 0.5) is 42.5 Å². The second-order valence-corrected chi connectivity index (χ2v) is 12.0. The van der Waals surface area contributed by atoms with Crippen molar-refractivity contribution >= 4 is 23.4 Å². The number of hydroxylamine groups is 1. The first-order chi connectivity index (χ1) is 24.6. The van der Waals surface area contributed by atoms with Gasteiger partial charge in [0.25, 0.3) is 0 Å². The first kappa shape index (κ1) is 42.0. The Morgan fingerprint density at radius 3 is 2.13 bits per heavy atom. The Labute approximate surface area is 297 Å². The topological polar surface area (TPSA) is 141 Å². The Morgan fingerprint density at radius 2 is 1.50 bits per heavy atom. The molecule has 0 heterocycles. The molecule has 0 aliphatic heterocycles. The van der Waals surface area contributed by atoms with E-state index in [0.29, 0.717) is 37.3 Å². The molecular formula is C36H43F6N3O7. The second-order valence-electron chi connectivity index (χ2n) is 12.0. The molecule has 0 saturated heterocycles. The highest BCUT2D eigenvalue weighted by Crippen LogP contribution is 2.38. The fraction of sp³-hybridized carbons (Fsp3) is 0.444. The lowest BCUT2D eigenvalue weighted by Gasteiger charge is -2.23. The van der Waals surface area contributed by atoms with Crippen LogP contribution in [0, 0.1) is 0 Å². The molecule has 2 amide bonds. The van der Waals surface area contributed by atoms with Gasteiger partial charge in [0.05, 0.1) is 29.5 Å². The first-order valence-electron chi connectivity index (χ1n) is 16.7. The number of carbonyl (C=O) groups excluding carboxylic acids is 2. The third kappa shape index (κ3) is 14.0. The molecule has 1 atom stereocenters. The monoisotopic (exact) mass is 743 g/mol. The second kappa shape index (κ2) is 20.0. The largest absolute Gasteiger partial charge is 0.508 e. The predicted molar refractivity (Wildman–Crippen MR) is 180 cm³/mol. The molecule has 0 aliphatic rings. The van der Waals surface area contributed by atoms with Crippen molar-refractivity contribution in [2.75, 3.05) is 36.7 Å². The Balaban J connectivity index is 1.36. The normalized spacial score (nSPS) is 12.4. The number of aromatic hydroxyl groups is 1. The highest BCUT2D eigenvalue weighted by atomic mass is 19.4. The smallest absolute Gasteiger partial charge is 0.416 e. The van der Waals surface area contributed by atoms with Gasteiger partial charge in [-0.2, -0.15) is 26.3 Å². The quantitative estimate of drug-likeness (QED) is 0.0509. The van der Waals surface area contributed by atoms with Gasteiger partial charge in [-0.3, -0.25) is 0 Å². The molecular weight excluding hydrogens is 700 g/mol. The molecule has 52 heavy (non-hydrogen) atoms. The lowest BCUT2D eigenvalue weighted by atomic mass is 10.1. The minimum absolute atomic E-state index is 0.0137. The fourth-order valence-corrected chi connectivity index (χ4v) is 5.11. The van der Waals surface area contributed by atoms with Gasteiger partial charge in [0.2, 0.25) is 0 Å². The van der Waals surface area contributed by atoms with Gasteiger partial charge >= 0.3 is 24.4 Å². The molecule has 10 nitrogen and oxygen atoms in total. The number of nitrogens with zero attached hydrogens (tertiary/aromatic N) is 1. The van der Waals surface area contributed by atoms with Gasteiger partial charge in [-0.05, 0) is 92.2 Å². The third-order valence-corrected chi connectivity index (χ3v) is 7.78. The zero-order valence-electron chi connectivity index (χ0n) is 28.5. The van der Waals surface area contributed by atoms with E-state index in [1.165, 1.54) is 12.1 Å². The summed E-state index contributed by atoms with van der Waals surface area (Å²) in [6.45, 7) is 2.77. The zero-order chi connectivity index (χ0) is 38.3. The summed E-state index contributed by atoms with van der Waals surface area (Å²) >= 11 is 0. The number of hydrogen-bond donors (Lipinski definition) is 5. The van der Waals surface area contributed by atoms with E-state index in [1.807, 2.05) is 0 Å². The van der Waals surface area contributed by atoms with Crippen LogP contribution in [0.2, 0.25) is 0 Å². The lowest BCUT2D eigenvalue weighted by molar-refractivity contribution is -0.143. The molecule has 0 saturated carbocycles. The van der Waals surface area contributed by atoms with Gasteiger partial charge in [0.15, 0.2) is 0 Å². The van der Waals surface area contributed by atoms with Gasteiger partial charge in [-0.15, -0.1) is 5.06 Å². The average molecular weight is 744 g/mol. The average Bonchev–Trinajstić information content (AvgIpc) is 3.08. The molecule has 3 rings (SSSR count). The number of nitrogens with one attached hydrogen (secondary N) is 2. The Bertz CT molecular complexity index is 1570. The van der Waals surface area contributed by atoms with Gasteiger partial charge in [0.1, 0.15) is 5.75 Å². The number of unbranched alkanes of at least 4 members (excludes halogenated alkanes) is 4. The molecule has 3 aromatic rings. The number of aryl methyl sites for hydroxylation is 1. The first-order valence-corrected chi connectivity index (χ1v) is 16.7. The molecule has 0 radical (unpaired) electrons. The van der Waals surface area contributed by atoms with Gasteiger partial charge in [-0.25, -0.2) is 9.59 Å². The molecule has 0 aliphatic carbocycles. The van der Waals surface area contributed by atoms with E-state index in [2.05, 4.69) is 10.6 Å². The number of amides is 2. The van der Waals surface area contributed by atoms with Crippen LogP contribution in [-0.4, -0.2) is 53.6 Å². The van der Waals surface area contributed by atoms with Crippen LogP contribution in [-0.2, 0) is 39.7 Å². The van der Waals surface area contributed by atoms with Crippen molar-refractivity contribution in [2.24, 2.45) is 0 Å². The number of carbonyl (C=O) groups is 2. The molecule has 0 fully saturated rings. The van der Waals surface area contributed by atoms with E-state index >= 15 is 0 Å². The number of anilines is 2. The Kier molecular flexibility index (Phi) is 16.2. The van der Waals surface area contributed by atoms with Crippen molar-refractivity contribution in [1.82, 2.24) is 5.32 Å². The number of ether oxygens (including phenoxy) is 1. The minimum Gasteiger partial charge on any atom is -0.508 e. The van der Waals surface area contributed by atoms with Crippen molar-refractivity contribution < 1.29 is 60.8 Å². The molecule has 0 spiro atoms. The van der Waals surface area contributed by atoms with Crippen LogP contribution in [0.3, 0.4) is 0 Å². The van der Waals surface area contributed by atoms with Crippen LogP contribution in [0.25, 0.3) is 0 Å². The highest BCUT2D eigenvalue weighted by Gasteiger charge is 2.38. The van der Waals surface area contributed by atoms with Gasteiger partial charge in [-0.1, -0.05) is 31.0 Å². The lowest BCUT2D eigenvalue weighted by Crippen LogP contribution is -2.37. The minimum atomic E-state index is -5.18. The summed E-state index contributed by atoms with van der Waals surface area (Å²) in [5.41, 5.74) is -2.35. The molecule has 3 aromatic carbocycles. The van der Waals surface area contributed by atoms with Crippen molar-refractivity contribution in [3.8, 4) is 5.75 Å². The number of phenols is 1. The molecule has 286 valence electrons. The predicted octanol–water partition coefficient (Wildman–Crippen LogP) is 7.66. The Hall–Kier alpha value is -4.38. The maximum atomic E-state index is 13.4. The maximum absolute atomic E-state index is 13.4. The zero-order valence-corrected chi connectivity index (χ0v) is 28.5. The van der Waals surface area contributed by atoms with Crippen molar-refractivity contribution in [3.05, 3.63) is 88.5 Å². The maximum Gasteiger partial charge on any atom is 0.416 e. The van der Waals surface area contributed by atoms with Crippen molar-refractivity contribution in [3.63, 3.8) is 0 Å². The molecule has 0 bridgehead atoms. The standard InChI is InChI=1S/C36H43F6N3O7/c1-24(47)52-45(31-20-28(35(37,38)39)19-29(21-31)36(40,41)42)34(50)44-30-11-8-10-25(17-30)9-4-7-16-51-15-6-3-2-5-14-43-22-33(49)26-12-13-32(48)27(18-26)23-46/h8,10-13,17-21,33,43,46,48-49H,2-7,9,14-16,22-23H2,1H3,(H,44,50)/t33-/m1/s1. The van der Waals surface area contributed by atoms with E-state index < -0.39 is 47.3 Å². The van der Waals surface area contributed by atoms with Crippen molar-refractivity contribution in [1.29, 1.82) is 0 Å². The van der Waals surface area contributed by atoms with E-state index in [9.17, 15) is 51.3 Å². The number of aliphatic hydroxyl groups is 2. The number of urea groups is 1. The Morgan fingerprint density at radius 1 is 0.846 bits per heavy atom. The third-order valence-electron chi connectivity index (χ3n) is 7.78. The van der Waals surface area contributed by atoms with Crippen LogP contribution in [0.5, 0.6) is 5.75 Å². The summed E-state index contributed by atoms with van der Waals surface area (Å²) < 4.78 is 86.0. The van der Waals surface area contributed by atoms with Gasteiger partial charge < -0.3 is 35.5 Å². The number of alkyl halides is 6. The molecule has 5 N–H and O–H groups in total. The molecule has 0 aromatic heterocycles. The highest BCUT2D eigenvalue weighted by molar-refractivity contribution is 6.01. The number of rotatable bonds is 18. The number of benzene rings is 3. The van der Waals surface area contributed by atoms with Crippen LogP contribution < -0.4 is 15.7 Å². The van der Waals surface area contributed by atoms with E-state index in [0.717, 1.165) is 57.6 Å². The summed E-state index contributed by atoms with van der Waals surface area (Å²) in [6.07, 6.45) is -5.23. The van der Waals surface area contributed by atoms with Crippen LogP contribution in [0.15, 0.2) is 60.7 Å². The van der Waals surface area contributed by atoms with E-state index in [4.69, 9.17) is 9.57 Å². The number of hydrogen-bond acceptors (Lipinski definition) is 8. The summed E-state index contributed by atoms with van der Waals surface area (Å²) in [6, 6.07) is 10.3.